The zero-order valence-corrected chi connectivity index (χ0v) is 25.5. The van der Waals surface area contributed by atoms with Crippen molar-refractivity contribution in [1.29, 1.82) is 0 Å². The number of benzene rings is 1. The second-order valence-corrected chi connectivity index (χ2v) is 11.7. The van der Waals surface area contributed by atoms with Gasteiger partial charge in [0.2, 0.25) is 11.8 Å². The summed E-state index contributed by atoms with van der Waals surface area (Å²) < 4.78 is 6.62. The monoisotopic (exact) mass is 580 g/mol. The molecule has 3 amide bonds. The first kappa shape index (κ1) is 31.8. The molecule has 3 aliphatic rings. The molecule has 1 N–H and O–H groups in total. The number of carbonyl (C=O) groups excluding carboxylic acids is 3. The lowest BCUT2D eigenvalue weighted by molar-refractivity contribution is -0.144. The molecular formula is C33H48N4O5. The van der Waals surface area contributed by atoms with E-state index in [4.69, 9.17) is 4.74 Å². The van der Waals surface area contributed by atoms with Gasteiger partial charge in [-0.25, -0.2) is 0 Å². The third-order valence-corrected chi connectivity index (χ3v) is 9.27. The number of unbranched alkanes of at least 4 members (excludes halogenated alkanes) is 3. The maximum atomic E-state index is 14.6. The van der Waals surface area contributed by atoms with E-state index in [1.807, 2.05) is 24.3 Å². The first-order chi connectivity index (χ1) is 20.3. The highest BCUT2D eigenvalue weighted by Crippen LogP contribution is 2.59. The smallest absolute Gasteiger partial charge is 0.253 e. The van der Waals surface area contributed by atoms with Crippen molar-refractivity contribution in [2.24, 2.45) is 11.8 Å². The molecule has 1 spiro atoms. The number of amides is 3. The van der Waals surface area contributed by atoms with E-state index in [1.54, 1.807) is 33.9 Å². The number of likely N-dealkylation sites (tertiary alicyclic amines) is 1. The van der Waals surface area contributed by atoms with Crippen LogP contribution < -0.4 is 9.80 Å². The minimum absolute atomic E-state index is 0.134. The molecule has 0 radical (unpaired) electrons. The Labute approximate surface area is 250 Å². The van der Waals surface area contributed by atoms with Crippen LogP contribution in [0.4, 0.5) is 11.4 Å². The number of rotatable bonds is 16. The van der Waals surface area contributed by atoms with Gasteiger partial charge >= 0.3 is 0 Å². The zero-order valence-electron chi connectivity index (χ0n) is 25.5. The first-order valence-corrected chi connectivity index (χ1v) is 15.5. The average molecular weight is 581 g/mol. The Kier molecular flexibility index (Phi) is 10.5. The van der Waals surface area contributed by atoms with Crippen LogP contribution in [0.3, 0.4) is 0 Å². The van der Waals surface area contributed by atoms with Gasteiger partial charge in [-0.05, 0) is 63.8 Å². The second-order valence-electron chi connectivity index (χ2n) is 11.7. The molecule has 9 heteroatoms. The summed E-state index contributed by atoms with van der Waals surface area (Å²) in [6.45, 7) is 14.9. The molecule has 42 heavy (non-hydrogen) atoms. The maximum Gasteiger partial charge on any atom is 0.253 e. The van der Waals surface area contributed by atoms with E-state index in [0.717, 1.165) is 37.3 Å². The lowest BCUT2D eigenvalue weighted by Gasteiger charge is -2.37. The Morgan fingerprint density at radius 1 is 1.02 bits per heavy atom. The molecule has 1 aromatic carbocycles. The topological polar surface area (TPSA) is 93.6 Å². The molecule has 4 rings (SSSR count). The molecule has 3 fully saturated rings. The predicted molar refractivity (Wildman–Crippen MR) is 165 cm³/mol. The number of likely N-dealkylation sites (N-methyl/N-ethyl adjacent to an activating group) is 1. The largest absolute Gasteiger partial charge is 0.396 e. The van der Waals surface area contributed by atoms with Gasteiger partial charge < -0.3 is 29.4 Å². The highest BCUT2D eigenvalue weighted by atomic mass is 16.5. The third kappa shape index (κ3) is 5.73. The number of hydrogen-bond donors (Lipinski definition) is 1. The number of nitrogens with zero attached hydrogens (tertiary/aromatic N) is 4. The highest BCUT2D eigenvalue weighted by molar-refractivity contribution is 6.05. The van der Waals surface area contributed by atoms with Crippen molar-refractivity contribution in [3.05, 3.63) is 49.6 Å². The first-order valence-electron chi connectivity index (χ1n) is 15.5. The van der Waals surface area contributed by atoms with Crippen molar-refractivity contribution in [2.75, 3.05) is 56.2 Å². The SMILES string of the molecule is C=CCN(C)C(=O)[C@@H]1[C@H]2C(=O)N(CCCCCCO)C(C(=O)N(CC=C)c3ccc(N(CC)CC)cc3)C23CC[C@H]1O3. The van der Waals surface area contributed by atoms with E-state index >= 15 is 0 Å². The normalized spacial score (nSPS) is 25.8. The number of fused-ring (bicyclic) bond motifs is 1. The molecular weight excluding hydrogens is 532 g/mol. The Balaban J connectivity index is 1.69. The fourth-order valence-electron chi connectivity index (χ4n) is 7.27. The van der Waals surface area contributed by atoms with Crippen LogP contribution in [0.1, 0.15) is 52.4 Å². The van der Waals surface area contributed by atoms with Crippen molar-refractivity contribution >= 4 is 29.1 Å². The fraction of sp³-hybridized carbons (Fsp3) is 0.606. The van der Waals surface area contributed by atoms with Gasteiger partial charge in [0, 0.05) is 57.8 Å². The van der Waals surface area contributed by atoms with Crippen LogP contribution in [-0.4, -0.2) is 96.8 Å². The summed E-state index contributed by atoms with van der Waals surface area (Å²) in [4.78, 5) is 49.7. The Morgan fingerprint density at radius 2 is 1.67 bits per heavy atom. The summed E-state index contributed by atoms with van der Waals surface area (Å²) in [6, 6.07) is 7.11. The molecule has 3 heterocycles. The number of carbonyl (C=O) groups is 3. The lowest BCUT2D eigenvalue weighted by atomic mass is 9.70. The van der Waals surface area contributed by atoms with Gasteiger partial charge in [0.15, 0.2) is 0 Å². The van der Waals surface area contributed by atoms with Crippen LogP contribution in [0, 0.1) is 11.8 Å². The minimum Gasteiger partial charge on any atom is -0.396 e. The van der Waals surface area contributed by atoms with E-state index in [9.17, 15) is 19.5 Å². The summed E-state index contributed by atoms with van der Waals surface area (Å²) in [5.41, 5.74) is 0.772. The molecule has 3 saturated heterocycles. The molecule has 1 aromatic rings. The molecule has 2 unspecified atom stereocenters. The van der Waals surface area contributed by atoms with E-state index in [0.29, 0.717) is 38.8 Å². The third-order valence-electron chi connectivity index (χ3n) is 9.27. The van der Waals surface area contributed by atoms with Gasteiger partial charge in [0.05, 0.1) is 17.9 Å². The number of hydrogen-bond acceptors (Lipinski definition) is 6. The van der Waals surface area contributed by atoms with Gasteiger partial charge in [0.1, 0.15) is 11.6 Å². The van der Waals surface area contributed by atoms with Crippen molar-refractivity contribution in [1.82, 2.24) is 9.80 Å². The average Bonchev–Trinajstić information content (AvgIpc) is 3.63. The zero-order chi connectivity index (χ0) is 30.4. The maximum absolute atomic E-state index is 14.6. The minimum atomic E-state index is -1.04. The van der Waals surface area contributed by atoms with Crippen molar-refractivity contribution in [3.8, 4) is 0 Å². The molecule has 0 saturated carbocycles. The van der Waals surface area contributed by atoms with Crippen LogP contribution in [0.5, 0.6) is 0 Å². The second kappa shape index (κ2) is 13.9. The van der Waals surface area contributed by atoms with Gasteiger partial charge in [-0.15, -0.1) is 13.2 Å². The molecule has 0 aromatic heterocycles. The molecule has 2 bridgehead atoms. The summed E-state index contributed by atoms with van der Waals surface area (Å²) in [5, 5.41) is 9.19. The Hall–Kier alpha value is -3.17. The van der Waals surface area contributed by atoms with Crippen LogP contribution in [0.15, 0.2) is 49.6 Å². The van der Waals surface area contributed by atoms with E-state index in [2.05, 4.69) is 31.9 Å². The summed E-state index contributed by atoms with van der Waals surface area (Å²) in [5.74, 6) is -1.82. The van der Waals surface area contributed by atoms with Crippen molar-refractivity contribution < 1.29 is 24.2 Å². The predicted octanol–water partition coefficient (Wildman–Crippen LogP) is 3.62. The molecule has 9 nitrogen and oxygen atoms in total. The van der Waals surface area contributed by atoms with Crippen molar-refractivity contribution in [3.63, 3.8) is 0 Å². The van der Waals surface area contributed by atoms with E-state index < -0.39 is 23.5 Å². The van der Waals surface area contributed by atoms with Crippen LogP contribution in [-0.2, 0) is 19.1 Å². The molecule has 230 valence electrons. The summed E-state index contributed by atoms with van der Waals surface area (Å²) >= 11 is 0. The number of anilines is 2. The van der Waals surface area contributed by atoms with E-state index in [-0.39, 0.29) is 37.0 Å². The Morgan fingerprint density at radius 3 is 2.29 bits per heavy atom. The van der Waals surface area contributed by atoms with Gasteiger partial charge in [0.25, 0.3) is 5.91 Å². The molecule has 5 atom stereocenters. The van der Waals surface area contributed by atoms with Gasteiger partial charge in [-0.3, -0.25) is 14.4 Å². The van der Waals surface area contributed by atoms with Crippen LogP contribution in [0.25, 0.3) is 0 Å². The van der Waals surface area contributed by atoms with Crippen LogP contribution in [0.2, 0.25) is 0 Å². The standard InChI is InChI=1S/C33H48N4O5/c1-6-20-34(5)30(39)27-26-18-19-33(42-26)28(27)31(40)37(22-12-10-11-13-23-38)29(33)32(41)36(21-7-2)25-16-14-24(15-17-25)35(8-3)9-4/h6-7,14-17,26-29,38H,1-2,8-13,18-23H2,3-5H3/t26-,27+,28+,29?,33?/m1/s1. The van der Waals surface area contributed by atoms with Crippen LogP contribution >= 0.6 is 0 Å². The van der Waals surface area contributed by atoms with E-state index in [1.165, 1.54) is 0 Å². The quantitative estimate of drug-likeness (QED) is 0.237. The van der Waals surface area contributed by atoms with Gasteiger partial charge in [-0.2, -0.15) is 0 Å². The number of aliphatic hydroxyl groups excluding tert-OH is 1. The molecule has 3 aliphatic heterocycles. The summed E-state index contributed by atoms with van der Waals surface area (Å²) in [7, 11) is 1.72. The lowest BCUT2D eigenvalue weighted by Crippen LogP contribution is -2.56. The van der Waals surface area contributed by atoms with Crippen molar-refractivity contribution in [2.45, 2.75) is 70.1 Å². The molecule has 0 aliphatic carbocycles. The number of ether oxygens (including phenoxy) is 1. The highest BCUT2D eigenvalue weighted by Gasteiger charge is 2.74. The fourth-order valence-corrected chi connectivity index (χ4v) is 7.27. The Bertz CT molecular complexity index is 1140. The van der Waals surface area contributed by atoms with Gasteiger partial charge in [-0.1, -0.05) is 25.0 Å². The summed E-state index contributed by atoms with van der Waals surface area (Å²) in [6.07, 6.45) is 7.26. The number of aliphatic hydroxyl groups is 1.